The fourth-order valence-electron chi connectivity index (χ4n) is 3.61. The van der Waals surface area contributed by atoms with Crippen molar-refractivity contribution in [3.63, 3.8) is 0 Å². The maximum atomic E-state index is 5.99. The van der Waals surface area contributed by atoms with Crippen LogP contribution in [-0.2, 0) is 24.2 Å². The number of nitrogens with one attached hydrogen (secondary N) is 1. The Morgan fingerprint density at radius 2 is 2.25 bits per heavy atom. The molecular weight excluding hydrogens is 304 g/mol. The predicted octanol–water partition coefficient (Wildman–Crippen LogP) is 1.62. The summed E-state index contributed by atoms with van der Waals surface area (Å²) >= 11 is 0. The Morgan fingerprint density at radius 1 is 1.33 bits per heavy atom. The summed E-state index contributed by atoms with van der Waals surface area (Å²) < 4.78 is 8.14. The van der Waals surface area contributed by atoms with Gasteiger partial charge in [-0.15, -0.1) is 0 Å². The van der Waals surface area contributed by atoms with E-state index in [1.807, 2.05) is 12.4 Å². The second-order valence-electron chi connectivity index (χ2n) is 6.54. The quantitative estimate of drug-likeness (QED) is 0.920. The molecule has 0 bridgehead atoms. The number of aromatic nitrogens is 4. The lowest BCUT2D eigenvalue weighted by atomic mass is 10.1. The van der Waals surface area contributed by atoms with Gasteiger partial charge < -0.3 is 19.5 Å². The second-order valence-corrected chi connectivity index (χ2v) is 6.54. The lowest BCUT2D eigenvalue weighted by molar-refractivity contribution is 0.0975. The van der Waals surface area contributed by atoms with Crippen LogP contribution >= 0.6 is 0 Å². The largest absolute Gasteiger partial charge is 0.368 e. The summed E-state index contributed by atoms with van der Waals surface area (Å²) in [4.78, 5) is 15.8. The van der Waals surface area contributed by atoms with E-state index in [0.29, 0.717) is 0 Å². The van der Waals surface area contributed by atoms with Gasteiger partial charge in [-0.1, -0.05) is 0 Å². The molecule has 1 saturated heterocycles. The smallest absolute Gasteiger partial charge is 0.140 e. The molecule has 0 radical (unpaired) electrons. The molecule has 0 amide bonds. The summed E-state index contributed by atoms with van der Waals surface area (Å²) in [6.45, 7) is 5.70. The van der Waals surface area contributed by atoms with E-state index in [4.69, 9.17) is 4.74 Å². The molecule has 0 spiro atoms. The van der Waals surface area contributed by atoms with Gasteiger partial charge in [-0.3, -0.25) is 0 Å². The van der Waals surface area contributed by atoms with Crippen molar-refractivity contribution in [3.8, 4) is 0 Å². The molecule has 4 rings (SSSR count). The van der Waals surface area contributed by atoms with Crippen molar-refractivity contribution in [2.75, 3.05) is 25.5 Å². The van der Waals surface area contributed by atoms with Crippen molar-refractivity contribution >= 4 is 5.82 Å². The number of aryl methyl sites for hydroxylation is 1. The van der Waals surface area contributed by atoms with Crippen LogP contribution in [0.2, 0.25) is 0 Å². The average Bonchev–Trinajstić information content (AvgIpc) is 3.23. The van der Waals surface area contributed by atoms with Gasteiger partial charge in [-0.2, -0.15) is 0 Å². The first-order chi connectivity index (χ1) is 11.8. The van der Waals surface area contributed by atoms with Crippen molar-refractivity contribution in [3.05, 3.63) is 35.8 Å². The molecule has 0 unspecified atom stereocenters. The molecule has 7 heteroatoms. The summed E-state index contributed by atoms with van der Waals surface area (Å²) in [7, 11) is 2.14. The molecule has 2 aromatic rings. The zero-order valence-electron chi connectivity index (χ0n) is 14.3. The normalized spacial score (nSPS) is 24.1. The first-order valence-corrected chi connectivity index (χ1v) is 8.66. The molecular formula is C17H24N6O. The standard InChI is InChI=1S/C17H24N6O/c1-3-23-8-6-18-17(23)15-14(5-9-24-15)21-16-12-10-22(2)7-4-13(12)19-11-20-16/h6,8,11,14-15H,3-5,7,9-10H2,1-2H3,(H,19,20,21)/t14-,15-/m0/s1. The molecule has 2 atom stereocenters. The lowest BCUT2D eigenvalue weighted by Gasteiger charge is -2.27. The van der Waals surface area contributed by atoms with Gasteiger partial charge in [0.05, 0.1) is 11.7 Å². The van der Waals surface area contributed by atoms with E-state index in [9.17, 15) is 0 Å². The first-order valence-electron chi connectivity index (χ1n) is 8.66. The van der Waals surface area contributed by atoms with Crippen molar-refractivity contribution in [1.82, 2.24) is 24.4 Å². The second kappa shape index (κ2) is 6.49. The van der Waals surface area contributed by atoms with Crippen LogP contribution in [0.25, 0.3) is 0 Å². The minimum Gasteiger partial charge on any atom is -0.368 e. The van der Waals surface area contributed by atoms with E-state index in [1.54, 1.807) is 6.33 Å². The molecule has 0 saturated carbocycles. The SMILES string of the molecule is CCn1ccnc1[C@H]1OCC[C@@H]1Nc1ncnc2c1CN(C)CC2. The number of ether oxygens (including phenoxy) is 1. The Hall–Kier alpha value is -1.99. The highest BCUT2D eigenvalue weighted by molar-refractivity contribution is 5.48. The number of imidazole rings is 1. The maximum absolute atomic E-state index is 5.99. The van der Waals surface area contributed by atoms with Crippen molar-refractivity contribution < 1.29 is 4.74 Å². The maximum Gasteiger partial charge on any atom is 0.140 e. The molecule has 0 aromatic carbocycles. The number of nitrogens with zero attached hydrogens (tertiary/aromatic N) is 5. The number of anilines is 1. The molecule has 2 aliphatic rings. The Morgan fingerprint density at radius 3 is 3.12 bits per heavy atom. The topological polar surface area (TPSA) is 68.1 Å². The lowest BCUT2D eigenvalue weighted by Crippen LogP contribution is -2.31. The molecule has 2 aromatic heterocycles. The van der Waals surface area contributed by atoms with Crippen molar-refractivity contribution in [1.29, 1.82) is 0 Å². The first kappa shape index (κ1) is 15.5. The summed E-state index contributed by atoms with van der Waals surface area (Å²) in [5.41, 5.74) is 2.38. The third kappa shape index (κ3) is 2.78. The highest BCUT2D eigenvalue weighted by Gasteiger charge is 2.34. The molecule has 128 valence electrons. The van der Waals surface area contributed by atoms with Gasteiger partial charge >= 0.3 is 0 Å². The molecule has 2 aliphatic heterocycles. The van der Waals surface area contributed by atoms with E-state index in [2.05, 4.69) is 43.7 Å². The predicted molar refractivity (Wildman–Crippen MR) is 90.7 cm³/mol. The van der Waals surface area contributed by atoms with Crippen molar-refractivity contribution in [2.45, 2.75) is 45.0 Å². The van der Waals surface area contributed by atoms with Crippen LogP contribution in [0, 0.1) is 0 Å². The molecule has 1 fully saturated rings. The minimum absolute atomic E-state index is 0.0353. The average molecular weight is 328 g/mol. The third-order valence-corrected chi connectivity index (χ3v) is 4.95. The molecule has 1 N–H and O–H groups in total. The van der Waals surface area contributed by atoms with Crippen LogP contribution in [0.3, 0.4) is 0 Å². The Labute approximate surface area is 142 Å². The monoisotopic (exact) mass is 328 g/mol. The van der Waals surface area contributed by atoms with Gasteiger partial charge in [-0.05, 0) is 20.4 Å². The highest BCUT2D eigenvalue weighted by Crippen LogP contribution is 2.32. The van der Waals surface area contributed by atoms with Crippen LogP contribution in [0.1, 0.15) is 36.5 Å². The highest BCUT2D eigenvalue weighted by atomic mass is 16.5. The van der Waals surface area contributed by atoms with Gasteiger partial charge in [0, 0.05) is 50.6 Å². The van der Waals surface area contributed by atoms with Crippen LogP contribution in [0.5, 0.6) is 0 Å². The van der Waals surface area contributed by atoms with Crippen molar-refractivity contribution in [2.24, 2.45) is 0 Å². The fourth-order valence-corrected chi connectivity index (χ4v) is 3.61. The number of fused-ring (bicyclic) bond motifs is 1. The van der Waals surface area contributed by atoms with E-state index < -0.39 is 0 Å². The molecule has 0 aliphatic carbocycles. The Kier molecular flexibility index (Phi) is 4.20. The zero-order chi connectivity index (χ0) is 16.5. The summed E-state index contributed by atoms with van der Waals surface area (Å²) in [6, 6.07) is 0.184. The third-order valence-electron chi connectivity index (χ3n) is 4.95. The van der Waals surface area contributed by atoms with Crippen LogP contribution in [-0.4, -0.2) is 50.7 Å². The zero-order valence-corrected chi connectivity index (χ0v) is 14.3. The van der Waals surface area contributed by atoms with Gasteiger partial charge in [-0.25, -0.2) is 15.0 Å². The fraction of sp³-hybridized carbons (Fsp3) is 0.588. The van der Waals surface area contributed by atoms with Gasteiger partial charge in [0.1, 0.15) is 24.1 Å². The molecule has 7 nitrogen and oxygen atoms in total. The van der Waals surface area contributed by atoms with Gasteiger partial charge in [0.25, 0.3) is 0 Å². The summed E-state index contributed by atoms with van der Waals surface area (Å²) in [6.07, 6.45) is 7.43. The Balaban J connectivity index is 1.59. The van der Waals surface area contributed by atoms with Crippen LogP contribution < -0.4 is 5.32 Å². The Bertz CT molecular complexity index is 715. The number of hydrogen-bond donors (Lipinski definition) is 1. The van der Waals surface area contributed by atoms with Gasteiger partial charge in [0.15, 0.2) is 0 Å². The molecule has 4 heterocycles. The molecule has 24 heavy (non-hydrogen) atoms. The minimum atomic E-state index is -0.0353. The van der Waals surface area contributed by atoms with E-state index in [1.165, 1.54) is 5.56 Å². The number of rotatable bonds is 4. The number of likely N-dealkylation sites (N-methyl/N-ethyl adjacent to an activating group) is 1. The summed E-state index contributed by atoms with van der Waals surface area (Å²) in [5.74, 6) is 1.94. The van der Waals surface area contributed by atoms with Crippen LogP contribution in [0.4, 0.5) is 5.82 Å². The van der Waals surface area contributed by atoms with E-state index >= 15 is 0 Å². The number of hydrogen-bond acceptors (Lipinski definition) is 6. The van der Waals surface area contributed by atoms with E-state index in [0.717, 1.165) is 56.4 Å². The summed E-state index contributed by atoms with van der Waals surface area (Å²) in [5, 5.41) is 3.62. The van der Waals surface area contributed by atoms with Crippen LogP contribution in [0.15, 0.2) is 18.7 Å². The van der Waals surface area contributed by atoms with E-state index in [-0.39, 0.29) is 12.1 Å². The van der Waals surface area contributed by atoms with Gasteiger partial charge in [0.2, 0.25) is 0 Å².